The van der Waals surface area contributed by atoms with Crippen LogP contribution in [0.2, 0.25) is 0 Å². The number of carbonyl (C=O) groups is 5. The lowest BCUT2D eigenvalue weighted by Crippen LogP contribution is -2.12. The fourth-order valence-electron chi connectivity index (χ4n) is 3.60. The average Bonchev–Trinajstić information content (AvgIpc) is 2.98. The normalized spacial score (nSPS) is 15.8. The number of aldehydes is 1. The van der Waals surface area contributed by atoms with Gasteiger partial charge < -0.3 is 39.4 Å². The second-order valence-electron chi connectivity index (χ2n) is 7.25. The molecule has 180 valence electrons. The SMILES string of the molecule is Cc1cc(O)c(C=O)c2c1C(=O)Oc1c(COC(=O)C=CC(=O)O)c(O)c3c(c1O2)C(O)OC3=O. The van der Waals surface area contributed by atoms with E-state index in [0.717, 1.165) is 6.07 Å². The highest BCUT2D eigenvalue weighted by molar-refractivity contribution is 6.04. The van der Waals surface area contributed by atoms with Crippen molar-refractivity contribution in [1.82, 2.24) is 0 Å². The molecule has 35 heavy (non-hydrogen) atoms. The molecule has 0 amide bonds. The Kier molecular flexibility index (Phi) is 5.62. The molecule has 2 aliphatic rings. The summed E-state index contributed by atoms with van der Waals surface area (Å²) in [5.74, 6) is -7.83. The van der Waals surface area contributed by atoms with Crippen molar-refractivity contribution in [1.29, 1.82) is 0 Å². The molecule has 2 aromatic rings. The summed E-state index contributed by atoms with van der Waals surface area (Å²) in [6.07, 6.45) is -0.688. The summed E-state index contributed by atoms with van der Waals surface area (Å²) < 4.78 is 20.7. The van der Waals surface area contributed by atoms with Gasteiger partial charge in [0.1, 0.15) is 29.2 Å². The van der Waals surface area contributed by atoms with Gasteiger partial charge in [-0.25, -0.2) is 19.2 Å². The van der Waals surface area contributed by atoms with Crippen molar-refractivity contribution in [3.8, 4) is 28.7 Å². The van der Waals surface area contributed by atoms with Gasteiger partial charge >= 0.3 is 23.9 Å². The van der Waals surface area contributed by atoms with E-state index < -0.39 is 87.8 Å². The molecule has 1 atom stereocenters. The average molecular weight is 486 g/mol. The molecule has 0 saturated carbocycles. The van der Waals surface area contributed by atoms with Crippen LogP contribution in [-0.2, 0) is 25.7 Å². The summed E-state index contributed by atoms with van der Waals surface area (Å²) in [5.41, 5.74) is -2.07. The van der Waals surface area contributed by atoms with Crippen molar-refractivity contribution in [2.24, 2.45) is 0 Å². The largest absolute Gasteiger partial charge is 0.507 e. The predicted octanol–water partition coefficient (Wildman–Crippen LogP) is 1.39. The van der Waals surface area contributed by atoms with Crippen LogP contribution in [-0.4, -0.2) is 50.6 Å². The quantitative estimate of drug-likeness (QED) is 0.204. The molecule has 13 heteroatoms. The standard InChI is InChI=1S/C22H14O13/c1-7-4-10(24)8(5-23)17-13(7)20(29)34-18-9(6-32-12(27)3-2-11(25)26)16(28)14-15(19(18)33-17)22(31)35-21(14)30/h2-5,22,24,28,31H,6H2,1H3,(H,25,26). The fourth-order valence-corrected chi connectivity index (χ4v) is 3.60. The molecule has 4 N–H and O–H groups in total. The van der Waals surface area contributed by atoms with Crippen LogP contribution in [0.25, 0.3) is 0 Å². The van der Waals surface area contributed by atoms with Gasteiger partial charge in [-0.15, -0.1) is 0 Å². The number of carboxylic acids is 1. The number of carbonyl (C=O) groups excluding carboxylic acids is 4. The van der Waals surface area contributed by atoms with Gasteiger partial charge in [-0.05, 0) is 18.6 Å². The van der Waals surface area contributed by atoms with E-state index in [1.807, 2.05) is 0 Å². The number of rotatable bonds is 5. The van der Waals surface area contributed by atoms with Gasteiger partial charge in [-0.2, -0.15) is 0 Å². The van der Waals surface area contributed by atoms with Gasteiger partial charge in [-0.1, -0.05) is 0 Å². The lowest BCUT2D eigenvalue weighted by atomic mass is 10.0. The number of aliphatic hydroxyl groups excluding tert-OH is 1. The Bertz CT molecular complexity index is 1370. The second-order valence-corrected chi connectivity index (χ2v) is 7.25. The monoisotopic (exact) mass is 486 g/mol. The summed E-state index contributed by atoms with van der Waals surface area (Å²) in [7, 11) is 0. The van der Waals surface area contributed by atoms with Gasteiger partial charge in [0.2, 0.25) is 6.29 Å². The number of cyclic esters (lactones) is 1. The van der Waals surface area contributed by atoms with E-state index in [4.69, 9.17) is 24.1 Å². The Morgan fingerprint density at radius 3 is 2.43 bits per heavy atom. The lowest BCUT2D eigenvalue weighted by molar-refractivity contribution is -0.139. The first-order valence-electron chi connectivity index (χ1n) is 9.65. The summed E-state index contributed by atoms with van der Waals surface area (Å²) in [6, 6.07) is 1.12. The third-order valence-corrected chi connectivity index (χ3v) is 5.12. The number of carboxylic acid groups (broad SMARTS) is 1. The summed E-state index contributed by atoms with van der Waals surface area (Å²) in [6.45, 7) is 0.569. The first kappa shape index (κ1) is 23.3. The second kappa shape index (κ2) is 8.46. The topological polar surface area (TPSA) is 203 Å². The summed E-state index contributed by atoms with van der Waals surface area (Å²) in [5, 5.41) is 39.8. The zero-order chi connectivity index (χ0) is 25.6. The Morgan fingerprint density at radius 1 is 1.06 bits per heavy atom. The number of phenols is 2. The van der Waals surface area contributed by atoms with E-state index in [2.05, 4.69) is 0 Å². The number of aliphatic hydroxyl groups is 1. The van der Waals surface area contributed by atoms with Gasteiger partial charge in [0, 0.05) is 12.2 Å². The van der Waals surface area contributed by atoms with Gasteiger partial charge in [0.15, 0.2) is 23.5 Å². The van der Waals surface area contributed by atoms with E-state index >= 15 is 0 Å². The van der Waals surface area contributed by atoms with Crippen LogP contribution in [0.4, 0.5) is 0 Å². The molecule has 2 aromatic carbocycles. The van der Waals surface area contributed by atoms with Crippen LogP contribution in [0, 0.1) is 6.92 Å². The van der Waals surface area contributed by atoms with Crippen LogP contribution in [0.3, 0.4) is 0 Å². The van der Waals surface area contributed by atoms with E-state index in [0.29, 0.717) is 12.2 Å². The Hall–Kier alpha value is -4.91. The molecule has 4 rings (SSSR count). The Labute approximate surface area is 194 Å². The maximum atomic E-state index is 13.0. The Balaban J connectivity index is 1.93. The third kappa shape index (κ3) is 3.79. The number of aryl methyl sites for hydroxylation is 1. The van der Waals surface area contributed by atoms with E-state index in [-0.39, 0.29) is 17.4 Å². The van der Waals surface area contributed by atoms with Crippen LogP contribution in [0.5, 0.6) is 28.7 Å². The predicted molar refractivity (Wildman–Crippen MR) is 108 cm³/mol. The van der Waals surface area contributed by atoms with E-state index in [1.54, 1.807) is 0 Å². The molecule has 0 bridgehead atoms. The van der Waals surface area contributed by atoms with Crippen LogP contribution in [0.1, 0.15) is 54.1 Å². The minimum atomic E-state index is -1.97. The molecule has 1 unspecified atom stereocenters. The van der Waals surface area contributed by atoms with Crippen molar-refractivity contribution in [2.45, 2.75) is 19.8 Å². The highest BCUT2D eigenvalue weighted by Gasteiger charge is 2.43. The number of benzene rings is 2. The molecule has 0 aromatic heterocycles. The number of phenolic OH excluding ortho intramolecular Hbond substituents is 2. The summed E-state index contributed by atoms with van der Waals surface area (Å²) in [4.78, 5) is 59.3. The first-order chi connectivity index (χ1) is 16.5. The maximum absolute atomic E-state index is 13.0. The number of hydrogen-bond donors (Lipinski definition) is 4. The first-order valence-corrected chi connectivity index (χ1v) is 9.65. The number of fused-ring (bicyclic) bond motifs is 4. The number of hydrogen-bond acceptors (Lipinski definition) is 12. The Morgan fingerprint density at radius 2 is 1.77 bits per heavy atom. The number of esters is 3. The van der Waals surface area contributed by atoms with E-state index in [9.17, 15) is 39.3 Å². The van der Waals surface area contributed by atoms with Crippen molar-refractivity contribution in [2.75, 3.05) is 0 Å². The van der Waals surface area contributed by atoms with Crippen LogP contribution < -0.4 is 9.47 Å². The summed E-state index contributed by atoms with van der Waals surface area (Å²) >= 11 is 0. The number of aromatic hydroxyl groups is 2. The van der Waals surface area contributed by atoms with Crippen molar-refractivity contribution >= 4 is 30.2 Å². The van der Waals surface area contributed by atoms with Crippen molar-refractivity contribution in [3.63, 3.8) is 0 Å². The van der Waals surface area contributed by atoms with Gasteiger partial charge in [0.25, 0.3) is 0 Å². The molecule has 2 heterocycles. The highest BCUT2D eigenvalue weighted by atomic mass is 16.6. The molecule has 0 saturated heterocycles. The third-order valence-electron chi connectivity index (χ3n) is 5.12. The smallest absolute Gasteiger partial charge is 0.347 e. The molecule has 0 fully saturated rings. The molecule has 0 radical (unpaired) electrons. The van der Waals surface area contributed by atoms with Crippen molar-refractivity contribution in [3.05, 3.63) is 51.6 Å². The molecular weight excluding hydrogens is 472 g/mol. The van der Waals surface area contributed by atoms with Gasteiger partial charge in [-0.3, -0.25) is 4.79 Å². The zero-order valence-electron chi connectivity index (χ0n) is 17.6. The number of aliphatic carboxylic acids is 1. The van der Waals surface area contributed by atoms with Gasteiger partial charge in [0.05, 0.1) is 16.7 Å². The maximum Gasteiger partial charge on any atom is 0.347 e. The highest BCUT2D eigenvalue weighted by Crippen LogP contribution is 2.54. The molecule has 13 nitrogen and oxygen atoms in total. The minimum absolute atomic E-state index is 0.140. The minimum Gasteiger partial charge on any atom is -0.507 e. The van der Waals surface area contributed by atoms with Crippen LogP contribution >= 0.6 is 0 Å². The van der Waals surface area contributed by atoms with Crippen LogP contribution in [0.15, 0.2) is 18.2 Å². The lowest BCUT2D eigenvalue weighted by Gasteiger charge is -2.17. The van der Waals surface area contributed by atoms with Crippen molar-refractivity contribution < 1.29 is 63.3 Å². The fraction of sp³-hybridized carbons (Fsp3) is 0.136. The molecule has 2 aliphatic heterocycles. The molecule has 0 spiro atoms. The van der Waals surface area contributed by atoms with E-state index in [1.165, 1.54) is 6.92 Å². The zero-order valence-corrected chi connectivity index (χ0v) is 17.6. The molecular formula is C22H14O13. The number of ether oxygens (including phenoxy) is 4. The molecule has 0 aliphatic carbocycles.